The van der Waals surface area contributed by atoms with Crippen LogP contribution in [0.5, 0.6) is 0 Å². The van der Waals surface area contributed by atoms with Crippen LogP contribution in [0.2, 0.25) is 0 Å². The number of hydrogen-bond donors (Lipinski definition) is 2. The van der Waals surface area contributed by atoms with Crippen molar-refractivity contribution in [3.8, 4) is 0 Å². The largest absolute Gasteiger partial charge is 0.416 e. The molecule has 1 aliphatic carbocycles. The van der Waals surface area contributed by atoms with Gasteiger partial charge >= 0.3 is 12.2 Å². The number of morpholine rings is 1. The number of urea groups is 1. The summed E-state index contributed by atoms with van der Waals surface area (Å²) in [6, 6.07) is -1.95. The van der Waals surface area contributed by atoms with Gasteiger partial charge in [-0.15, -0.1) is 0 Å². The van der Waals surface area contributed by atoms with Crippen LogP contribution in [0, 0.1) is 5.92 Å². The third-order valence-electron chi connectivity index (χ3n) is 4.72. The Labute approximate surface area is 145 Å². The maximum Gasteiger partial charge on any atom is 0.416 e. The Morgan fingerprint density at radius 1 is 1.32 bits per heavy atom. The van der Waals surface area contributed by atoms with E-state index in [1.165, 1.54) is 6.92 Å². The number of ether oxygens (including phenoxy) is 1. The molecule has 0 aromatic heterocycles. The van der Waals surface area contributed by atoms with Gasteiger partial charge in [0.15, 0.2) is 6.10 Å². The van der Waals surface area contributed by atoms with E-state index in [1.807, 2.05) is 0 Å². The van der Waals surface area contributed by atoms with Crippen LogP contribution in [0.4, 0.5) is 18.0 Å². The van der Waals surface area contributed by atoms with E-state index < -0.39 is 34.4 Å². The normalized spacial score (nSPS) is 31.2. The Morgan fingerprint density at radius 3 is 2.60 bits per heavy atom. The molecule has 1 heterocycles. The molecular weight excluding hydrogens is 363 g/mol. The third-order valence-corrected chi connectivity index (χ3v) is 5.41. The predicted octanol–water partition coefficient (Wildman–Crippen LogP) is 1.07. The molecule has 2 fully saturated rings. The van der Waals surface area contributed by atoms with Gasteiger partial charge < -0.3 is 15.0 Å². The van der Waals surface area contributed by atoms with Crippen molar-refractivity contribution < 1.29 is 31.1 Å². The molecule has 0 bridgehead atoms. The molecule has 0 radical (unpaired) electrons. The number of carbonyl (C=O) groups is 1. The molecule has 2 rings (SSSR count). The van der Waals surface area contributed by atoms with Gasteiger partial charge in [0, 0.05) is 19.1 Å². The van der Waals surface area contributed by atoms with Gasteiger partial charge in [-0.3, -0.25) is 0 Å². The summed E-state index contributed by atoms with van der Waals surface area (Å²) in [5.41, 5.74) is 0. The van der Waals surface area contributed by atoms with Gasteiger partial charge in [0.05, 0.1) is 18.9 Å². The van der Waals surface area contributed by atoms with Crippen LogP contribution in [-0.4, -0.2) is 69.7 Å². The molecule has 146 valence electrons. The molecule has 0 aromatic rings. The first-order valence-electron chi connectivity index (χ1n) is 8.19. The van der Waals surface area contributed by atoms with Gasteiger partial charge in [0.1, 0.15) is 0 Å². The third kappa shape index (κ3) is 5.45. The quantitative estimate of drug-likeness (QED) is 0.755. The molecule has 25 heavy (non-hydrogen) atoms. The second kappa shape index (κ2) is 7.67. The lowest BCUT2D eigenvalue weighted by Gasteiger charge is -2.40. The molecular formula is C14H24F3N3O4S. The molecule has 2 N–H and O–H groups in total. The second-order valence-electron chi connectivity index (χ2n) is 6.63. The highest BCUT2D eigenvalue weighted by Gasteiger charge is 2.49. The van der Waals surface area contributed by atoms with Crippen LogP contribution in [0.1, 0.15) is 26.2 Å². The van der Waals surface area contributed by atoms with Gasteiger partial charge in [-0.1, -0.05) is 6.42 Å². The predicted molar refractivity (Wildman–Crippen MR) is 84.5 cm³/mol. The summed E-state index contributed by atoms with van der Waals surface area (Å²) in [7, 11) is -3.33. The zero-order valence-corrected chi connectivity index (χ0v) is 15.0. The van der Waals surface area contributed by atoms with E-state index >= 15 is 0 Å². The average Bonchev–Trinajstić information content (AvgIpc) is 2.90. The first-order valence-corrected chi connectivity index (χ1v) is 10.1. The lowest BCUT2D eigenvalue weighted by Crippen LogP contribution is -2.60. The van der Waals surface area contributed by atoms with Gasteiger partial charge in [-0.25, -0.2) is 17.9 Å². The van der Waals surface area contributed by atoms with Crippen molar-refractivity contribution >= 4 is 16.1 Å². The fourth-order valence-corrected chi connectivity index (χ4v) is 3.93. The van der Waals surface area contributed by atoms with Crippen molar-refractivity contribution in [2.24, 2.45) is 5.92 Å². The Hall–Kier alpha value is -1.07. The summed E-state index contributed by atoms with van der Waals surface area (Å²) in [4.78, 5) is 13.6. The van der Waals surface area contributed by atoms with Crippen LogP contribution < -0.4 is 10.0 Å². The highest BCUT2D eigenvalue weighted by Crippen LogP contribution is 2.30. The van der Waals surface area contributed by atoms with Crippen molar-refractivity contribution in [2.45, 2.75) is 50.6 Å². The summed E-state index contributed by atoms with van der Waals surface area (Å²) in [5.74, 6) is -0.0755. The molecule has 2 amide bonds. The fraction of sp³-hybridized carbons (Fsp3) is 0.929. The Morgan fingerprint density at radius 2 is 2.00 bits per heavy atom. The Balaban J connectivity index is 1.96. The standard InChI is InChI=1S/C14H24F3N3O4S/c1-9-12(14(15,16)17)24-7-6-20(9)13(21)19-11-5-3-4-10(11)8-18-25(2,22)23/h9-12,18H,3-8H2,1-2H3,(H,19,21)/t9-,10?,11?,12-/m1/s1. The molecule has 0 aromatic carbocycles. The average molecular weight is 387 g/mol. The Kier molecular flexibility index (Phi) is 6.21. The van der Waals surface area contributed by atoms with Crippen molar-refractivity contribution in [1.29, 1.82) is 0 Å². The summed E-state index contributed by atoms with van der Waals surface area (Å²) in [6.45, 7) is 1.42. The maximum atomic E-state index is 13.0. The topological polar surface area (TPSA) is 87.7 Å². The van der Waals surface area contributed by atoms with Crippen molar-refractivity contribution in [2.75, 3.05) is 26.0 Å². The van der Waals surface area contributed by atoms with E-state index in [0.29, 0.717) is 6.42 Å². The summed E-state index contributed by atoms with van der Waals surface area (Å²) in [5, 5.41) is 2.77. The van der Waals surface area contributed by atoms with E-state index in [4.69, 9.17) is 4.74 Å². The minimum absolute atomic E-state index is 0.0755. The molecule has 2 aliphatic rings. The van der Waals surface area contributed by atoms with Gasteiger partial charge in [0.2, 0.25) is 10.0 Å². The minimum atomic E-state index is -4.53. The highest BCUT2D eigenvalue weighted by atomic mass is 32.2. The molecule has 7 nitrogen and oxygen atoms in total. The van der Waals surface area contributed by atoms with Crippen molar-refractivity contribution in [3.63, 3.8) is 0 Å². The molecule has 11 heteroatoms. The molecule has 2 unspecified atom stereocenters. The van der Waals surface area contributed by atoms with Crippen LogP contribution in [0.3, 0.4) is 0 Å². The zero-order chi connectivity index (χ0) is 18.8. The molecule has 1 aliphatic heterocycles. The number of halogens is 3. The SMILES string of the molecule is C[C@@H]1[C@H](C(F)(F)F)OCCN1C(=O)NC1CCCC1CNS(C)(=O)=O. The summed E-state index contributed by atoms with van der Waals surface area (Å²) >= 11 is 0. The van der Waals surface area contributed by atoms with Gasteiger partial charge in [0.25, 0.3) is 0 Å². The van der Waals surface area contributed by atoms with Crippen LogP contribution in [0.25, 0.3) is 0 Å². The van der Waals surface area contributed by atoms with E-state index in [0.717, 1.165) is 24.0 Å². The maximum absolute atomic E-state index is 13.0. The van der Waals surface area contributed by atoms with Crippen LogP contribution >= 0.6 is 0 Å². The van der Waals surface area contributed by atoms with Crippen LogP contribution in [0.15, 0.2) is 0 Å². The van der Waals surface area contributed by atoms with Gasteiger partial charge in [-0.2, -0.15) is 13.2 Å². The number of rotatable bonds is 4. The number of nitrogens with one attached hydrogen (secondary N) is 2. The monoisotopic (exact) mass is 387 g/mol. The number of alkyl halides is 3. The summed E-state index contributed by atoms with van der Waals surface area (Å²) in [6.07, 6.45) is -3.24. The van der Waals surface area contributed by atoms with E-state index in [9.17, 15) is 26.4 Å². The number of hydrogen-bond acceptors (Lipinski definition) is 4. The van der Waals surface area contributed by atoms with Crippen LogP contribution in [-0.2, 0) is 14.8 Å². The number of amides is 2. The number of sulfonamides is 1. The number of carbonyl (C=O) groups excluding carboxylic acids is 1. The lowest BCUT2D eigenvalue weighted by molar-refractivity contribution is -0.246. The first kappa shape index (κ1) is 20.2. The second-order valence-corrected chi connectivity index (χ2v) is 8.47. The van der Waals surface area contributed by atoms with E-state index in [-0.39, 0.29) is 31.7 Å². The number of nitrogens with zero attached hydrogens (tertiary/aromatic N) is 1. The molecule has 0 spiro atoms. The van der Waals surface area contributed by atoms with Gasteiger partial charge in [-0.05, 0) is 25.7 Å². The summed E-state index contributed by atoms with van der Waals surface area (Å²) < 4.78 is 68.5. The van der Waals surface area contributed by atoms with E-state index in [2.05, 4.69) is 10.0 Å². The van der Waals surface area contributed by atoms with Crippen molar-refractivity contribution in [3.05, 3.63) is 0 Å². The van der Waals surface area contributed by atoms with E-state index in [1.54, 1.807) is 0 Å². The molecule has 1 saturated carbocycles. The Bertz CT molecular complexity index is 584. The molecule has 4 atom stereocenters. The lowest BCUT2D eigenvalue weighted by atomic mass is 10.0. The first-order chi connectivity index (χ1) is 11.5. The fourth-order valence-electron chi connectivity index (χ4n) is 3.41. The molecule has 1 saturated heterocycles. The zero-order valence-electron chi connectivity index (χ0n) is 14.2. The highest BCUT2D eigenvalue weighted by molar-refractivity contribution is 7.88. The minimum Gasteiger partial charge on any atom is -0.365 e. The smallest absolute Gasteiger partial charge is 0.365 e. The van der Waals surface area contributed by atoms with Crippen molar-refractivity contribution in [1.82, 2.24) is 14.9 Å².